The molecule has 1 rings (SSSR count). The number of likely N-dealkylation sites (N-methyl/N-ethyl adjacent to an activating group) is 1. The molecule has 118 valence electrons. The summed E-state index contributed by atoms with van der Waals surface area (Å²) in [5, 5.41) is 13.2. The molecule has 1 fully saturated rings. The van der Waals surface area contributed by atoms with E-state index in [2.05, 4.69) is 31.0 Å². The predicted molar refractivity (Wildman–Crippen MR) is 82.9 cm³/mol. The van der Waals surface area contributed by atoms with Gasteiger partial charge in [-0.05, 0) is 45.1 Å². The van der Waals surface area contributed by atoms with Crippen molar-refractivity contribution in [2.24, 2.45) is 11.8 Å². The third-order valence-corrected chi connectivity index (χ3v) is 4.39. The number of carboxylic acid groups (broad SMARTS) is 1. The van der Waals surface area contributed by atoms with Crippen LogP contribution in [0.5, 0.6) is 0 Å². The van der Waals surface area contributed by atoms with E-state index in [0.717, 1.165) is 32.4 Å². The summed E-state index contributed by atoms with van der Waals surface area (Å²) in [7, 11) is 0. The van der Waals surface area contributed by atoms with E-state index in [1.165, 1.54) is 0 Å². The molecule has 1 saturated carbocycles. The summed E-state index contributed by atoms with van der Waals surface area (Å²) in [6, 6.07) is 0.189. The van der Waals surface area contributed by atoms with Crippen molar-refractivity contribution in [1.82, 2.24) is 10.2 Å². The Kier molecular flexibility index (Phi) is 6.46. The van der Waals surface area contributed by atoms with E-state index in [0.29, 0.717) is 12.5 Å². The van der Waals surface area contributed by atoms with E-state index < -0.39 is 11.5 Å². The fraction of sp³-hybridized carbons (Fsp3) is 0.938. The average molecular weight is 284 g/mol. The van der Waals surface area contributed by atoms with E-state index in [9.17, 15) is 9.90 Å². The summed E-state index contributed by atoms with van der Waals surface area (Å²) in [6.45, 7) is 13.1. The molecule has 2 atom stereocenters. The third-order valence-electron chi connectivity index (χ3n) is 4.39. The van der Waals surface area contributed by atoms with Crippen LogP contribution in [0.4, 0.5) is 0 Å². The average Bonchev–Trinajstić information content (AvgIpc) is 3.20. The zero-order chi connectivity index (χ0) is 15.3. The molecule has 0 radical (unpaired) electrons. The molecule has 2 unspecified atom stereocenters. The van der Waals surface area contributed by atoms with E-state index in [1.807, 2.05) is 13.8 Å². The first-order chi connectivity index (χ1) is 9.35. The number of carbonyl (C=O) groups is 1. The van der Waals surface area contributed by atoms with Crippen molar-refractivity contribution in [2.45, 2.75) is 65.5 Å². The minimum absolute atomic E-state index is 0.189. The molecule has 0 bridgehead atoms. The zero-order valence-electron chi connectivity index (χ0n) is 13.8. The molecule has 1 aliphatic rings. The number of nitrogens with one attached hydrogen (secondary N) is 1. The van der Waals surface area contributed by atoms with Crippen LogP contribution in [0.2, 0.25) is 0 Å². The van der Waals surface area contributed by atoms with Crippen molar-refractivity contribution in [3.63, 3.8) is 0 Å². The van der Waals surface area contributed by atoms with Gasteiger partial charge in [-0.25, -0.2) is 0 Å². The van der Waals surface area contributed by atoms with Crippen molar-refractivity contribution in [2.75, 3.05) is 19.6 Å². The highest BCUT2D eigenvalue weighted by Crippen LogP contribution is 2.41. The van der Waals surface area contributed by atoms with Gasteiger partial charge < -0.3 is 10.0 Å². The minimum atomic E-state index is -0.766. The van der Waals surface area contributed by atoms with Crippen LogP contribution in [0.1, 0.15) is 53.9 Å². The SMILES string of the molecule is CCC(C)CN(CC)CC(NC(C)C)(C(=O)O)C1CC1. The third kappa shape index (κ3) is 4.45. The van der Waals surface area contributed by atoms with Gasteiger partial charge in [0.05, 0.1) is 0 Å². The van der Waals surface area contributed by atoms with E-state index in [1.54, 1.807) is 0 Å². The molecule has 0 heterocycles. The van der Waals surface area contributed by atoms with Crippen molar-refractivity contribution in [3.8, 4) is 0 Å². The predicted octanol–water partition coefficient (Wildman–Crippen LogP) is 2.59. The van der Waals surface area contributed by atoms with Crippen LogP contribution in [-0.2, 0) is 4.79 Å². The van der Waals surface area contributed by atoms with Crippen LogP contribution in [-0.4, -0.2) is 47.2 Å². The maximum atomic E-state index is 12.0. The van der Waals surface area contributed by atoms with Crippen LogP contribution in [0.25, 0.3) is 0 Å². The molecule has 0 aromatic rings. The van der Waals surface area contributed by atoms with E-state index >= 15 is 0 Å². The molecule has 4 nitrogen and oxygen atoms in total. The first-order valence-corrected chi connectivity index (χ1v) is 8.09. The first-order valence-electron chi connectivity index (χ1n) is 8.09. The van der Waals surface area contributed by atoms with Crippen molar-refractivity contribution in [3.05, 3.63) is 0 Å². The van der Waals surface area contributed by atoms with Gasteiger partial charge in [-0.3, -0.25) is 10.1 Å². The van der Waals surface area contributed by atoms with Crippen molar-refractivity contribution in [1.29, 1.82) is 0 Å². The largest absolute Gasteiger partial charge is 0.480 e. The summed E-state index contributed by atoms with van der Waals surface area (Å²) in [4.78, 5) is 14.3. The van der Waals surface area contributed by atoms with Crippen molar-refractivity contribution >= 4 is 5.97 Å². The maximum Gasteiger partial charge on any atom is 0.325 e. The molecule has 0 aromatic carbocycles. The molecule has 0 amide bonds. The molecular weight excluding hydrogens is 252 g/mol. The first kappa shape index (κ1) is 17.4. The van der Waals surface area contributed by atoms with Crippen LogP contribution in [0.3, 0.4) is 0 Å². The standard InChI is InChI=1S/C16H32N2O2/c1-6-13(5)10-18(7-2)11-16(15(19)20,14-8-9-14)17-12(3)4/h12-14,17H,6-11H2,1-5H3,(H,19,20). The highest BCUT2D eigenvalue weighted by atomic mass is 16.4. The van der Waals surface area contributed by atoms with Crippen molar-refractivity contribution < 1.29 is 9.90 Å². The molecular formula is C16H32N2O2. The lowest BCUT2D eigenvalue weighted by molar-refractivity contribution is -0.147. The minimum Gasteiger partial charge on any atom is -0.480 e. The number of hydrogen-bond acceptors (Lipinski definition) is 3. The summed E-state index contributed by atoms with van der Waals surface area (Å²) in [6.07, 6.45) is 3.21. The molecule has 20 heavy (non-hydrogen) atoms. The fourth-order valence-electron chi connectivity index (χ4n) is 2.92. The fourth-order valence-corrected chi connectivity index (χ4v) is 2.92. The van der Waals surface area contributed by atoms with E-state index in [4.69, 9.17) is 0 Å². The lowest BCUT2D eigenvalue weighted by Crippen LogP contribution is -2.62. The number of nitrogens with zero attached hydrogens (tertiary/aromatic N) is 1. The number of carboxylic acids is 1. The van der Waals surface area contributed by atoms with Gasteiger partial charge in [-0.1, -0.05) is 27.2 Å². The quantitative estimate of drug-likeness (QED) is 0.647. The molecule has 0 saturated heterocycles. The van der Waals surface area contributed by atoms with E-state index in [-0.39, 0.29) is 12.0 Å². The van der Waals surface area contributed by atoms with Gasteiger partial charge in [0.1, 0.15) is 5.54 Å². The second-order valence-electron chi connectivity index (χ2n) is 6.69. The smallest absolute Gasteiger partial charge is 0.325 e. The summed E-state index contributed by atoms with van der Waals surface area (Å²) in [5.41, 5.74) is -0.766. The topological polar surface area (TPSA) is 52.6 Å². The van der Waals surface area contributed by atoms with Gasteiger partial charge in [0.2, 0.25) is 0 Å². The summed E-state index contributed by atoms with van der Waals surface area (Å²) < 4.78 is 0. The number of aliphatic carboxylic acids is 1. The van der Waals surface area contributed by atoms with Gasteiger partial charge in [-0.2, -0.15) is 0 Å². The summed E-state index contributed by atoms with van der Waals surface area (Å²) >= 11 is 0. The van der Waals surface area contributed by atoms with Crippen LogP contribution in [0.15, 0.2) is 0 Å². The van der Waals surface area contributed by atoms with Gasteiger partial charge >= 0.3 is 5.97 Å². The molecule has 2 N–H and O–H groups in total. The number of hydrogen-bond donors (Lipinski definition) is 2. The molecule has 0 aliphatic heterocycles. The number of rotatable bonds is 10. The monoisotopic (exact) mass is 284 g/mol. The molecule has 1 aliphatic carbocycles. The zero-order valence-corrected chi connectivity index (χ0v) is 13.8. The van der Waals surface area contributed by atoms with Crippen LogP contribution in [0, 0.1) is 11.8 Å². The molecule has 4 heteroatoms. The van der Waals surface area contributed by atoms with Gasteiger partial charge in [0.25, 0.3) is 0 Å². The second-order valence-corrected chi connectivity index (χ2v) is 6.69. The molecule has 0 aromatic heterocycles. The maximum absolute atomic E-state index is 12.0. The Morgan fingerprint density at radius 3 is 2.30 bits per heavy atom. The Bertz CT molecular complexity index is 316. The summed E-state index contributed by atoms with van der Waals surface area (Å²) in [5.74, 6) is 0.212. The van der Waals surface area contributed by atoms with Crippen LogP contribution < -0.4 is 5.32 Å². The Labute approximate surface area is 123 Å². The normalized spacial score (nSPS) is 20.1. The van der Waals surface area contributed by atoms with Gasteiger partial charge in [0.15, 0.2) is 0 Å². The molecule has 0 spiro atoms. The Morgan fingerprint density at radius 2 is 1.95 bits per heavy atom. The lowest BCUT2D eigenvalue weighted by Gasteiger charge is -2.38. The van der Waals surface area contributed by atoms with Crippen LogP contribution >= 0.6 is 0 Å². The second kappa shape index (κ2) is 7.41. The van der Waals surface area contributed by atoms with Gasteiger partial charge in [0, 0.05) is 19.1 Å². The highest BCUT2D eigenvalue weighted by molar-refractivity contribution is 5.80. The lowest BCUT2D eigenvalue weighted by atomic mass is 9.90. The Balaban J connectivity index is 2.83. The van der Waals surface area contributed by atoms with Gasteiger partial charge in [-0.15, -0.1) is 0 Å². The highest BCUT2D eigenvalue weighted by Gasteiger charge is 2.52. The Morgan fingerprint density at radius 1 is 1.35 bits per heavy atom. The Hall–Kier alpha value is -0.610.